The maximum absolute atomic E-state index is 12.7. The second-order valence-corrected chi connectivity index (χ2v) is 8.31. The summed E-state index contributed by atoms with van der Waals surface area (Å²) in [6, 6.07) is 7.73. The van der Waals surface area contributed by atoms with Crippen molar-refractivity contribution in [2.24, 2.45) is 11.3 Å². The van der Waals surface area contributed by atoms with E-state index >= 15 is 0 Å². The molecule has 1 aromatic rings. The Morgan fingerprint density at radius 1 is 1.00 bits per heavy atom. The van der Waals surface area contributed by atoms with E-state index in [9.17, 15) is 9.59 Å². The Hall–Kier alpha value is -1.84. The molecule has 2 N–H and O–H groups in total. The minimum atomic E-state index is -1.12. The first-order chi connectivity index (χ1) is 11.0. The van der Waals surface area contributed by atoms with Gasteiger partial charge in [-0.15, -0.1) is 0 Å². The van der Waals surface area contributed by atoms with Gasteiger partial charge in [-0.2, -0.15) is 0 Å². The van der Waals surface area contributed by atoms with Crippen LogP contribution in [0.4, 0.5) is 5.69 Å². The lowest BCUT2D eigenvalue weighted by Crippen LogP contribution is -2.45. The molecule has 0 spiro atoms. The number of nitrogens with one attached hydrogen (secondary N) is 2. The van der Waals surface area contributed by atoms with Crippen LogP contribution in [-0.4, -0.2) is 18.4 Å². The number of hydrogen-bond acceptors (Lipinski definition) is 2. The highest BCUT2D eigenvalue weighted by molar-refractivity contribution is 6.10. The lowest BCUT2D eigenvalue weighted by Gasteiger charge is -2.26. The van der Waals surface area contributed by atoms with Gasteiger partial charge in [0.05, 0.1) is 0 Å². The number of rotatable bonds is 6. The second-order valence-electron chi connectivity index (χ2n) is 8.31. The van der Waals surface area contributed by atoms with Crippen molar-refractivity contribution in [1.82, 2.24) is 5.32 Å². The van der Waals surface area contributed by atoms with Gasteiger partial charge in [-0.1, -0.05) is 52.8 Å². The van der Waals surface area contributed by atoms with Gasteiger partial charge in [-0.3, -0.25) is 9.59 Å². The third-order valence-corrected chi connectivity index (χ3v) is 4.13. The summed E-state index contributed by atoms with van der Waals surface area (Å²) in [6.07, 6.45) is 0.899. The van der Waals surface area contributed by atoms with Crippen molar-refractivity contribution < 1.29 is 9.59 Å². The molecule has 0 saturated heterocycles. The van der Waals surface area contributed by atoms with Crippen LogP contribution in [-0.2, 0) is 15.0 Å². The monoisotopic (exact) mass is 332 g/mol. The lowest BCUT2D eigenvalue weighted by atomic mass is 9.85. The summed E-state index contributed by atoms with van der Waals surface area (Å²) in [5.41, 5.74) is 0.600. The molecule has 0 aliphatic heterocycles. The summed E-state index contributed by atoms with van der Waals surface area (Å²) in [5, 5.41) is 5.80. The molecule has 0 aliphatic carbocycles. The standard InChI is InChI=1S/C20H32N2O2/c1-14(2)12-13-21-17(23)20(6,7)18(24)22-16-11-9-8-10-15(16)19(3,4)5/h8-11,14H,12-13H2,1-7H3,(H,21,23)(H,22,24). The van der Waals surface area contributed by atoms with E-state index in [0.29, 0.717) is 12.5 Å². The molecule has 24 heavy (non-hydrogen) atoms. The quantitative estimate of drug-likeness (QED) is 0.770. The van der Waals surface area contributed by atoms with E-state index in [1.165, 1.54) is 0 Å². The summed E-state index contributed by atoms with van der Waals surface area (Å²) in [6.45, 7) is 14.4. The third kappa shape index (κ3) is 5.36. The molecule has 0 aromatic heterocycles. The smallest absolute Gasteiger partial charge is 0.239 e. The molecule has 0 atom stereocenters. The molecule has 2 amide bonds. The van der Waals surface area contributed by atoms with E-state index in [4.69, 9.17) is 0 Å². The van der Waals surface area contributed by atoms with Crippen molar-refractivity contribution >= 4 is 17.5 Å². The molecule has 0 saturated carbocycles. The molecule has 0 fully saturated rings. The van der Waals surface area contributed by atoms with Crippen LogP contribution >= 0.6 is 0 Å². The molecule has 0 bridgehead atoms. The summed E-state index contributed by atoms with van der Waals surface area (Å²) in [4.78, 5) is 25.1. The van der Waals surface area contributed by atoms with Crippen LogP contribution in [0.1, 0.15) is 60.5 Å². The van der Waals surface area contributed by atoms with E-state index in [1.54, 1.807) is 13.8 Å². The van der Waals surface area contributed by atoms with Crippen molar-refractivity contribution in [1.29, 1.82) is 0 Å². The fourth-order valence-electron chi connectivity index (χ4n) is 2.32. The Balaban J connectivity index is 2.85. The molecule has 0 heterocycles. The molecular weight excluding hydrogens is 300 g/mol. The number of carbonyl (C=O) groups excluding carboxylic acids is 2. The first-order valence-electron chi connectivity index (χ1n) is 8.65. The van der Waals surface area contributed by atoms with Crippen LogP contribution in [0.2, 0.25) is 0 Å². The topological polar surface area (TPSA) is 58.2 Å². The SMILES string of the molecule is CC(C)CCNC(=O)C(C)(C)C(=O)Nc1ccccc1C(C)(C)C. The van der Waals surface area contributed by atoms with Gasteiger partial charge in [0.15, 0.2) is 0 Å². The number of para-hydroxylation sites is 1. The van der Waals surface area contributed by atoms with Crippen molar-refractivity contribution in [3.05, 3.63) is 29.8 Å². The maximum atomic E-state index is 12.7. The third-order valence-electron chi connectivity index (χ3n) is 4.13. The minimum Gasteiger partial charge on any atom is -0.355 e. The van der Waals surface area contributed by atoms with Crippen molar-refractivity contribution in [3.8, 4) is 0 Å². The molecule has 0 radical (unpaired) electrons. The van der Waals surface area contributed by atoms with Crippen LogP contribution in [0.3, 0.4) is 0 Å². The molecular formula is C20H32N2O2. The Kier molecular flexibility index (Phi) is 6.58. The lowest BCUT2D eigenvalue weighted by molar-refractivity contribution is -0.138. The Morgan fingerprint density at radius 2 is 1.58 bits per heavy atom. The Bertz CT molecular complexity index is 584. The molecule has 4 heteroatoms. The fourth-order valence-corrected chi connectivity index (χ4v) is 2.32. The van der Waals surface area contributed by atoms with E-state index < -0.39 is 5.41 Å². The van der Waals surface area contributed by atoms with Gasteiger partial charge in [-0.25, -0.2) is 0 Å². The zero-order chi connectivity index (χ0) is 18.5. The highest BCUT2D eigenvalue weighted by atomic mass is 16.2. The summed E-state index contributed by atoms with van der Waals surface area (Å²) in [7, 11) is 0. The number of anilines is 1. The summed E-state index contributed by atoms with van der Waals surface area (Å²) < 4.78 is 0. The Morgan fingerprint density at radius 3 is 2.12 bits per heavy atom. The highest BCUT2D eigenvalue weighted by Gasteiger charge is 2.36. The largest absolute Gasteiger partial charge is 0.355 e. The average Bonchev–Trinajstić information content (AvgIpc) is 2.46. The number of amides is 2. The minimum absolute atomic E-state index is 0.0897. The summed E-state index contributed by atoms with van der Waals surface area (Å²) in [5.74, 6) is -0.0176. The molecule has 0 unspecified atom stereocenters. The van der Waals surface area contributed by atoms with E-state index in [2.05, 4.69) is 45.3 Å². The van der Waals surface area contributed by atoms with Gasteiger partial charge in [0.25, 0.3) is 0 Å². The zero-order valence-corrected chi connectivity index (χ0v) is 16.1. The molecule has 1 aromatic carbocycles. The van der Waals surface area contributed by atoms with Gasteiger partial charge in [0.1, 0.15) is 5.41 Å². The molecule has 4 nitrogen and oxygen atoms in total. The van der Waals surface area contributed by atoms with Gasteiger partial charge >= 0.3 is 0 Å². The van der Waals surface area contributed by atoms with Crippen LogP contribution in [0.5, 0.6) is 0 Å². The number of benzene rings is 1. The second kappa shape index (κ2) is 7.82. The maximum Gasteiger partial charge on any atom is 0.239 e. The molecule has 134 valence electrons. The fraction of sp³-hybridized carbons (Fsp3) is 0.600. The molecule has 1 rings (SSSR count). The normalized spacial score (nSPS) is 12.2. The van der Waals surface area contributed by atoms with Crippen LogP contribution in [0, 0.1) is 11.3 Å². The van der Waals surface area contributed by atoms with Gasteiger partial charge in [0, 0.05) is 12.2 Å². The van der Waals surface area contributed by atoms with Gasteiger partial charge < -0.3 is 10.6 Å². The van der Waals surface area contributed by atoms with Crippen LogP contribution in [0.15, 0.2) is 24.3 Å². The first-order valence-corrected chi connectivity index (χ1v) is 8.65. The van der Waals surface area contributed by atoms with Crippen LogP contribution < -0.4 is 10.6 Å². The van der Waals surface area contributed by atoms with E-state index in [0.717, 1.165) is 17.7 Å². The van der Waals surface area contributed by atoms with Crippen molar-refractivity contribution in [2.75, 3.05) is 11.9 Å². The van der Waals surface area contributed by atoms with E-state index in [-0.39, 0.29) is 17.2 Å². The first kappa shape index (κ1) is 20.2. The Labute approximate surface area is 146 Å². The predicted molar refractivity (Wildman–Crippen MR) is 100 cm³/mol. The van der Waals surface area contributed by atoms with Gasteiger partial charge in [0.2, 0.25) is 11.8 Å². The van der Waals surface area contributed by atoms with Crippen molar-refractivity contribution in [3.63, 3.8) is 0 Å². The van der Waals surface area contributed by atoms with E-state index in [1.807, 2.05) is 24.3 Å². The highest BCUT2D eigenvalue weighted by Crippen LogP contribution is 2.30. The zero-order valence-electron chi connectivity index (χ0n) is 16.1. The van der Waals surface area contributed by atoms with Crippen LogP contribution in [0.25, 0.3) is 0 Å². The summed E-state index contributed by atoms with van der Waals surface area (Å²) >= 11 is 0. The molecule has 0 aliphatic rings. The average molecular weight is 332 g/mol. The number of carbonyl (C=O) groups is 2. The number of hydrogen-bond donors (Lipinski definition) is 2. The van der Waals surface area contributed by atoms with Gasteiger partial charge in [-0.05, 0) is 43.2 Å². The predicted octanol–water partition coefficient (Wildman–Crippen LogP) is 4.11. The van der Waals surface area contributed by atoms with Crippen molar-refractivity contribution in [2.45, 2.75) is 60.3 Å².